The van der Waals surface area contributed by atoms with Gasteiger partial charge in [0.1, 0.15) is 11.4 Å². The van der Waals surface area contributed by atoms with Crippen LogP contribution in [-0.4, -0.2) is 36.8 Å². The van der Waals surface area contributed by atoms with E-state index in [1.54, 1.807) is 7.11 Å². The molecule has 200 valence electrons. The highest BCUT2D eigenvalue weighted by Crippen LogP contribution is 2.49. The minimum absolute atomic E-state index is 0.238. The Morgan fingerprint density at radius 2 is 1.68 bits per heavy atom. The summed E-state index contributed by atoms with van der Waals surface area (Å²) in [5, 5.41) is 0.761. The minimum Gasteiger partial charge on any atom is -0.496 e. The molecular weight excluding hydrogens is 494 g/mol. The van der Waals surface area contributed by atoms with E-state index in [9.17, 15) is 4.79 Å². The number of hydrogen-bond acceptors (Lipinski definition) is 3. The molecule has 0 radical (unpaired) electrons. The first-order valence-electron chi connectivity index (χ1n) is 13.7. The Morgan fingerprint density at radius 1 is 1.03 bits per heavy atom. The van der Waals surface area contributed by atoms with Gasteiger partial charge in [-0.3, -0.25) is 0 Å². The van der Waals surface area contributed by atoms with E-state index in [0.717, 1.165) is 47.6 Å². The van der Waals surface area contributed by atoms with Crippen molar-refractivity contribution in [3.05, 3.63) is 75.3 Å². The van der Waals surface area contributed by atoms with Gasteiger partial charge in [0.25, 0.3) is 0 Å². The number of aryl methyl sites for hydroxylation is 1. The fraction of sp³-hybridized carbons (Fsp3) is 0.424. The maximum absolute atomic E-state index is 12.7. The van der Waals surface area contributed by atoms with Gasteiger partial charge < -0.3 is 14.4 Å². The van der Waals surface area contributed by atoms with E-state index in [1.807, 2.05) is 25.7 Å². The third-order valence-corrected chi connectivity index (χ3v) is 8.36. The standard InChI is InChI=1S/C33H38ClNO3/c1-7-21-16-25-24-11-9-8-10-23(24)18-27(25)26(17-21)28-19-29(34)20(2)30(31(28)37-6)22-12-14-35(15-13-22)32(36)38-33(3,4)5/h8-11,16-17,19,22H,7,12-15,18H2,1-6H3. The molecule has 5 rings (SSSR count). The van der Waals surface area contributed by atoms with Gasteiger partial charge in [-0.15, -0.1) is 0 Å². The van der Waals surface area contributed by atoms with E-state index >= 15 is 0 Å². The molecular formula is C33H38ClNO3. The number of likely N-dealkylation sites (tertiary alicyclic amines) is 1. The number of carbonyl (C=O) groups is 1. The van der Waals surface area contributed by atoms with Gasteiger partial charge in [0, 0.05) is 29.2 Å². The van der Waals surface area contributed by atoms with Crippen LogP contribution in [-0.2, 0) is 17.6 Å². The Balaban J connectivity index is 1.55. The summed E-state index contributed by atoms with van der Waals surface area (Å²) >= 11 is 6.94. The molecule has 1 heterocycles. The topological polar surface area (TPSA) is 38.8 Å². The average molecular weight is 532 g/mol. The van der Waals surface area contributed by atoms with Gasteiger partial charge >= 0.3 is 6.09 Å². The summed E-state index contributed by atoms with van der Waals surface area (Å²) in [5.41, 5.74) is 10.7. The van der Waals surface area contributed by atoms with E-state index in [1.165, 1.54) is 38.9 Å². The second kappa shape index (κ2) is 10.3. The number of methoxy groups -OCH3 is 1. The number of fused-ring (bicyclic) bond motifs is 3. The van der Waals surface area contributed by atoms with Crippen LogP contribution in [0, 0.1) is 6.92 Å². The van der Waals surface area contributed by atoms with Crippen molar-refractivity contribution < 1.29 is 14.3 Å². The van der Waals surface area contributed by atoms with Crippen LogP contribution < -0.4 is 4.74 Å². The van der Waals surface area contributed by atoms with Crippen LogP contribution in [0.15, 0.2) is 42.5 Å². The fourth-order valence-electron chi connectivity index (χ4n) is 6.07. The summed E-state index contributed by atoms with van der Waals surface area (Å²) in [7, 11) is 1.77. The van der Waals surface area contributed by atoms with Crippen LogP contribution >= 0.6 is 11.6 Å². The second-order valence-corrected chi connectivity index (χ2v) is 12.0. The largest absolute Gasteiger partial charge is 0.496 e. The van der Waals surface area contributed by atoms with Gasteiger partial charge in [0.2, 0.25) is 0 Å². The lowest BCUT2D eigenvalue weighted by Crippen LogP contribution is -2.41. The Bertz CT molecular complexity index is 1380. The molecule has 1 amide bonds. The molecule has 0 unspecified atom stereocenters. The van der Waals surface area contributed by atoms with Crippen LogP contribution in [0.2, 0.25) is 5.02 Å². The number of rotatable bonds is 4. The van der Waals surface area contributed by atoms with E-state index in [2.05, 4.69) is 56.3 Å². The molecule has 1 fully saturated rings. The molecule has 4 nitrogen and oxygen atoms in total. The predicted octanol–water partition coefficient (Wildman–Crippen LogP) is 8.57. The number of halogens is 1. The molecule has 0 saturated carbocycles. The summed E-state index contributed by atoms with van der Waals surface area (Å²) < 4.78 is 11.8. The predicted molar refractivity (Wildman–Crippen MR) is 156 cm³/mol. The van der Waals surface area contributed by atoms with Crippen molar-refractivity contribution >= 4 is 17.7 Å². The van der Waals surface area contributed by atoms with Crippen molar-refractivity contribution in [3.8, 4) is 28.0 Å². The molecule has 0 atom stereocenters. The zero-order valence-corrected chi connectivity index (χ0v) is 24.2. The third-order valence-electron chi connectivity index (χ3n) is 7.96. The third kappa shape index (κ3) is 4.91. The fourth-order valence-corrected chi connectivity index (χ4v) is 6.28. The zero-order valence-electron chi connectivity index (χ0n) is 23.4. The molecule has 0 bridgehead atoms. The summed E-state index contributed by atoms with van der Waals surface area (Å²) in [6.45, 7) is 11.3. The first kappa shape index (κ1) is 26.6. The lowest BCUT2D eigenvalue weighted by Gasteiger charge is -2.35. The summed E-state index contributed by atoms with van der Waals surface area (Å²) in [4.78, 5) is 14.5. The molecule has 1 saturated heterocycles. The molecule has 3 aromatic rings. The number of amides is 1. The maximum Gasteiger partial charge on any atom is 0.410 e. The van der Waals surface area contributed by atoms with Crippen molar-refractivity contribution in [1.82, 2.24) is 4.90 Å². The molecule has 0 aromatic heterocycles. The lowest BCUT2D eigenvalue weighted by atomic mass is 9.83. The van der Waals surface area contributed by atoms with Crippen LogP contribution in [0.25, 0.3) is 22.3 Å². The number of benzene rings is 3. The monoisotopic (exact) mass is 531 g/mol. The van der Waals surface area contributed by atoms with Crippen LogP contribution in [0.4, 0.5) is 4.79 Å². The van der Waals surface area contributed by atoms with Crippen molar-refractivity contribution in [1.29, 1.82) is 0 Å². The highest BCUT2D eigenvalue weighted by molar-refractivity contribution is 6.32. The first-order chi connectivity index (χ1) is 18.1. The Morgan fingerprint density at radius 3 is 2.32 bits per heavy atom. The SMILES string of the molecule is CCc1cc2c(c(-c3cc(Cl)c(C)c(C4CCN(C(=O)OC(C)(C)C)CC4)c3OC)c1)Cc1ccccc1-2. The highest BCUT2D eigenvalue weighted by Gasteiger charge is 2.32. The quantitative estimate of drug-likeness (QED) is 0.265. The van der Waals surface area contributed by atoms with Crippen molar-refractivity contribution in [2.24, 2.45) is 0 Å². The van der Waals surface area contributed by atoms with E-state index in [0.29, 0.717) is 13.1 Å². The highest BCUT2D eigenvalue weighted by atomic mass is 35.5. The maximum atomic E-state index is 12.7. The Labute approximate surface area is 231 Å². The number of carbonyl (C=O) groups excluding carboxylic acids is 1. The van der Waals surface area contributed by atoms with Crippen LogP contribution in [0.3, 0.4) is 0 Å². The Hall–Kier alpha value is -2.98. The molecule has 1 aliphatic carbocycles. The van der Waals surface area contributed by atoms with Gasteiger partial charge in [0.05, 0.1) is 7.11 Å². The molecule has 0 spiro atoms. The average Bonchev–Trinajstić information content (AvgIpc) is 3.27. The number of ether oxygens (including phenoxy) is 2. The van der Waals surface area contributed by atoms with Gasteiger partial charge in [-0.05, 0) is 104 Å². The number of piperidine rings is 1. The van der Waals surface area contributed by atoms with E-state index in [4.69, 9.17) is 21.1 Å². The zero-order chi connectivity index (χ0) is 27.2. The lowest BCUT2D eigenvalue weighted by molar-refractivity contribution is 0.0204. The van der Waals surface area contributed by atoms with Crippen molar-refractivity contribution in [3.63, 3.8) is 0 Å². The van der Waals surface area contributed by atoms with Gasteiger partial charge in [0.15, 0.2) is 0 Å². The number of nitrogens with zero attached hydrogens (tertiary/aromatic N) is 1. The van der Waals surface area contributed by atoms with Crippen LogP contribution in [0.1, 0.15) is 74.3 Å². The summed E-state index contributed by atoms with van der Waals surface area (Å²) in [5.74, 6) is 1.16. The summed E-state index contributed by atoms with van der Waals surface area (Å²) in [6.07, 6.45) is 3.31. The van der Waals surface area contributed by atoms with Gasteiger partial charge in [-0.1, -0.05) is 54.9 Å². The normalized spacial score (nSPS) is 15.3. The first-order valence-corrected chi connectivity index (χ1v) is 14.1. The molecule has 2 aliphatic rings. The smallest absolute Gasteiger partial charge is 0.410 e. The van der Waals surface area contributed by atoms with Crippen molar-refractivity contribution in [2.75, 3.05) is 20.2 Å². The molecule has 3 aromatic carbocycles. The van der Waals surface area contributed by atoms with Crippen LogP contribution in [0.5, 0.6) is 5.75 Å². The van der Waals surface area contributed by atoms with E-state index < -0.39 is 5.60 Å². The van der Waals surface area contributed by atoms with Crippen molar-refractivity contribution in [2.45, 2.75) is 71.8 Å². The molecule has 5 heteroatoms. The minimum atomic E-state index is -0.497. The molecule has 38 heavy (non-hydrogen) atoms. The Kier molecular flexibility index (Phi) is 7.21. The van der Waals surface area contributed by atoms with Gasteiger partial charge in [-0.2, -0.15) is 0 Å². The molecule has 0 N–H and O–H groups in total. The summed E-state index contributed by atoms with van der Waals surface area (Å²) in [6, 6.07) is 15.5. The van der Waals surface area contributed by atoms with Gasteiger partial charge in [-0.25, -0.2) is 4.79 Å². The molecule has 1 aliphatic heterocycles. The second-order valence-electron chi connectivity index (χ2n) is 11.6. The van der Waals surface area contributed by atoms with E-state index in [-0.39, 0.29) is 12.0 Å². The number of hydrogen-bond donors (Lipinski definition) is 0.